The van der Waals surface area contributed by atoms with Crippen LogP contribution in [0.4, 0.5) is 0 Å². The fourth-order valence-corrected chi connectivity index (χ4v) is 4.75. The van der Waals surface area contributed by atoms with Crippen LogP contribution in [0, 0.1) is 5.41 Å². The number of unbranched alkanes of at least 4 members (excludes halogenated alkanes) is 1. The molecule has 0 rings (SSSR count). The summed E-state index contributed by atoms with van der Waals surface area (Å²) in [7, 11) is 4.10. The summed E-state index contributed by atoms with van der Waals surface area (Å²) in [5, 5.41) is 0. The second kappa shape index (κ2) is 6.32. The summed E-state index contributed by atoms with van der Waals surface area (Å²) in [4.78, 5) is 0. The Hall–Kier alpha value is 0.700. The van der Waals surface area contributed by atoms with Crippen molar-refractivity contribution in [3.63, 3.8) is 0 Å². The highest BCUT2D eigenvalue weighted by Crippen LogP contribution is 2.43. The van der Waals surface area contributed by atoms with Gasteiger partial charge in [-0.15, -0.1) is 0 Å². The maximum atomic E-state index is 2.36. The van der Waals surface area contributed by atoms with Crippen LogP contribution >= 0.6 is 21.6 Å². The van der Waals surface area contributed by atoms with Gasteiger partial charge < -0.3 is 0 Å². The molecular weight excluding hydrogens is 208 g/mol. The Balaban J connectivity index is 3.72. The fraction of sp³-hybridized carbons (Fsp3) is 1.00. The molecule has 0 amide bonds. The summed E-state index contributed by atoms with van der Waals surface area (Å²) in [6.45, 7) is 14.0. The summed E-state index contributed by atoms with van der Waals surface area (Å²) < 4.78 is 0.413. The van der Waals surface area contributed by atoms with Crippen molar-refractivity contribution in [3.05, 3.63) is 0 Å². The second-order valence-corrected chi connectivity index (χ2v) is 8.88. The van der Waals surface area contributed by atoms with Gasteiger partial charge >= 0.3 is 0 Å². The Labute approximate surface area is 98.4 Å². The zero-order valence-corrected chi connectivity index (χ0v) is 12.3. The number of rotatable bonds is 6. The Morgan fingerprint density at radius 1 is 1.00 bits per heavy atom. The van der Waals surface area contributed by atoms with E-state index in [0.29, 0.717) is 10.2 Å². The highest BCUT2D eigenvalue weighted by atomic mass is 33.1. The first-order valence-corrected chi connectivity index (χ1v) is 7.89. The molecule has 0 saturated heterocycles. The molecule has 0 aliphatic carbocycles. The highest BCUT2D eigenvalue weighted by molar-refractivity contribution is 8.77. The molecule has 0 unspecified atom stereocenters. The fourth-order valence-electron chi connectivity index (χ4n) is 1.71. The van der Waals surface area contributed by atoms with Gasteiger partial charge in [-0.05, 0) is 32.1 Å². The molecule has 0 aliphatic heterocycles. The quantitative estimate of drug-likeness (QED) is 0.447. The van der Waals surface area contributed by atoms with E-state index in [-0.39, 0.29) is 0 Å². The second-order valence-electron chi connectivity index (χ2n) is 5.76. The lowest BCUT2D eigenvalue weighted by atomic mass is 9.86. The molecule has 0 N–H and O–H groups in total. The summed E-state index contributed by atoms with van der Waals surface area (Å²) >= 11 is 0. The molecule has 0 atom stereocenters. The maximum absolute atomic E-state index is 2.36. The van der Waals surface area contributed by atoms with Crippen molar-refractivity contribution >= 4 is 21.6 Å². The molecule has 86 valence electrons. The monoisotopic (exact) mass is 234 g/mol. The van der Waals surface area contributed by atoms with Gasteiger partial charge in [-0.25, -0.2) is 0 Å². The normalized spacial score (nSPS) is 13.3. The summed E-state index contributed by atoms with van der Waals surface area (Å²) in [6, 6.07) is 0. The number of hydrogen-bond acceptors (Lipinski definition) is 2. The van der Waals surface area contributed by atoms with Crippen LogP contribution in [0.15, 0.2) is 0 Å². The molecule has 0 aromatic carbocycles. The van der Waals surface area contributed by atoms with Crippen LogP contribution in [0.25, 0.3) is 0 Å². The van der Waals surface area contributed by atoms with E-state index in [2.05, 4.69) is 52.3 Å². The van der Waals surface area contributed by atoms with Gasteiger partial charge in [0.2, 0.25) is 0 Å². The van der Waals surface area contributed by atoms with Gasteiger partial charge in [0.25, 0.3) is 0 Å². The molecule has 0 aromatic heterocycles. The van der Waals surface area contributed by atoms with Crippen LogP contribution in [0.5, 0.6) is 0 Å². The first-order chi connectivity index (χ1) is 6.27. The molecule has 0 aromatic rings. The van der Waals surface area contributed by atoms with E-state index in [1.165, 1.54) is 25.0 Å². The third-order valence-electron chi connectivity index (χ3n) is 1.82. The lowest BCUT2D eigenvalue weighted by Gasteiger charge is -2.31. The van der Waals surface area contributed by atoms with Crippen LogP contribution in [0.1, 0.15) is 60.8 Å². The minimum absolute atomic E-state index is 0.413. The minimum Gasteiger partial charge on any atom is -0.0936 e. The Morgan fingerprint density at radius 2 is 1.57 bits per heavy atom. The maximum Gasteiger partial charge on any atom is 0.0212 e. The standard InChI is InChI=1S/C12H26S2/c1-7-8-9-13-14-12(5,6)10-11(2,3)4/h7-10H2,1-6H3. The van der Waals surface area contributed by atoms with Crippen molar-refractivity contribution in [1.29, 1.82) is 0 Å². The highest BCUT2D eigenvalue weighted by Gasteiger charge is 2.25. The lowest BCUT2D eigenvalue weighted by Crippen LogP contribution is -2.22. The van der Waals surface area contributed by atoms with Gasteiger partial charge in [-0.2, -0.15) is 0 Å². The van der Waals surface area contributed by atoms with Crippen LogP contribution in [0.3, 0.4) is 0 Å². The van der Waals surface area contributed by atoms with E-state index in [4.69, 9.17) is 0 Å². The average Bonchev–Trinajstić information content (AvgIpc) is 1.93. The van der Waals surface area contributed by atoms with Crippen molar-refractivity contribution in [3.8, 4) is 0 Å². The molecule has 0 saturated carbocycles. The molecule has 0 bridgehead atoms. The van der Waals surface area contributed by atoms with E-state index in [1.807, 2.05) is 10.8 Å². The van der Waals surface area contributed by atoms with E-state index in [9.17, 15) is 0 Å². The predicted octanol–water partition coefficient (Wildman–Crippen LogP) is 5.38. The molecule has 14 heavy (non-hydrogen) atoms. The van der Waals surface area contributed by atoms with E-state index in [0.717, 1.165) is 0 Å². The van der Waals surface area contributed by atoms with Crippen molar-refractivity contribution in [2.75, 3.05) is 5.75 Å². The summed E-state index contributed by atoms with van der Waals surface area (Å²) in [6.07, 6.45) is 3.94. The van der Waals surface area contributed by atoms with Crippen LogP contribution in [-0.2, 0) is 0 Å². The molecule has 0 heterocycles. The Morgan fingerprint density at radius 3 is 2.00 bits per heavy atom. The molecule has 0 spiro atoms. The third kappa shape index (κ3) is 9.26. The SMILES string of the molecule is CCCCSSC(C)(C)CC(C)(C)C. The van der Waals surface area contributed by atoms with Gasteiger partial charge in [0, 0.05) is 10.5 Å². The van der Waals surface area contributed by atoms with Crippen LogP contribution < -0.4 is 0 Å². The van der Waals surface area contributed by atoms with Gasteiger partial charge in [-0.1, -0.05) is 55.7 Å². The number of hydrogen-bond donors (Lipinski definition) is 0. The zero-order chi connectivity index (χ0) is 11.2. The Bertz CT molecular complexity index is 145. The van der Waals surface area contributed by atoms with E-state index >= 15 is 0 Å². The van der Waals surface area contributed by atoms with Gasteiger partial charge in [0.15, 0.2) is 0 Å². The summed E-state index contributed by atoms with van der Waals surface area (Å²) in [5.41, 5.74) is 0.446. The lowest BCUT2D eigenvalue weighted by molar-refractivity contribution is 0.340. The van der Waals surface area contributed by atoms with Crippen molar-refractivity contribution < 1.29 is 0 Å². The van der Waals surface area contributed by atoms with Gasteiger partial charge in [-0.3, -0.25) is 0 Å². The Kier molecular flexibility index (Phi) is 6.63. The molecule has 2 heteroatoms. The zero-order valence-electron chi connectivity index (χ0n) is 10.6. The van der Waals surface area contributed by atoms with E-state index in [1.54, 1.807) is 0 Å². The first kappa shape index (κ1) is 14.7. The molecule has 0 aliphatic rings. The largest absolute Gasteiger partial charge is 0.0936 e. The average molecular weight is 234 g/mol. The van der Waals surface area contributed by atoms with Gasteiger partial charge in [0.1, 0.15) is 0 Å². The smallest absolute Gasteiger partial charge is 0.0212 e. The summed E-state index contributed by atoms with van der Waals surface area (Å²) in [5.74, 6) is 1.30. The predicted molar refractivity (Wildman–Crippen MR) is 73.1 cm³/mol. The third-order valence-corrected chi connectivity index (χ3v) is 5.20. The molecule has 0 nitrogen and oxygen atoms in total. The molecular formula is C12H26S2. The van der Waals surface area contributed by atoms with Gasteiger partial charge in [0.05, 0.1) is 0 Å². The van der Waals surface area contributed by atoms with E-state index < -0.39 is 0 Å². The molecule has 0 radical (unpaired) electrons. The van der Waals surface area contributed by atoms with Crippen LogP contribution in [0.2, 0.25) is 0 Å². The van der Waals surface area contributed by atoms with Crippen molar-refractivity contribution in [2.45, 2.75) is 65.6 Å². The van der Waals surface area contributed by atoms with Crippen molar-refractivity contribution in [1.82, 2.24) is 0 Å². The minimum atomic E-state index is 0.413. The topological polar surface area (TPSA) is 0 Å². The molecule has 0 fully saturated rings. The van der Waals surface area contributed by atoms with Crippen molar-refractivity contribution in [2.24, 2.45) is 5.41 Å². The first-order valence-electron chi connectivity index (χ1n) is 5.57. The van der Waals surface area contributed by atoms with Crippen LogP contribution in [-0.4, -0.2) is 10.5 Å².